The molecule has 50 heavy (non-hydrogen) atoms. The highest BCUT2D eigenvalue weighted by Crippen LogP contribution is 2.50. The number of hydrogen-bond donors (Lipinski definition) is 0. The van der Waals surface area contributed by atoms with Crippen molar-refractivity contribution in [3.05, 3.63) is 187 Å². The number of nitrogens with zero attached hydrogens (tertiary/aromatic N) is 4. The molecule has 10 rings (SSSR count). The van der Waals surface area contributed by atoms with E-state index in [0.29, 0.717) is 5.82 Å². The minimum absolute atomic E-state index is 0.204. The topological polar surface area (TPSA) is 34.0 Å². The molecule has 0 fully saturated rings. The summed E-state index contributed by atoms with van der Waals surface area (Å²) in [6.07, 6.45) is 3.34. The van der Waals surface area contributed by atoms with Crippen molar-refractivity contribution in [2.45, 2.75) is 12.5 Å². The van der Waals surface area contributed by atoms with Crippen LogP contribution >= 0.6 is 0 Å². The van der Waals surface area contributed by atoms with Crippen LogP contribution in [-0.2, 0) is 6.42 Å². The second-order valence-electron chi connectivity index (χ2n) is 13.0. The molecule has 1 aliphatic carbocycles. The van der Waals surface area contributed by atoms with Crippen LogP contribution in [0.1, 0.15) is 16.8 Å². The second kappa shape index (κ2) is 11.6. The summed E-state index contributed by atoms with van der Waals surface area (Å²) >= 11 is 0. The second-order valence-corrected chi connectivity index (χ2v) is 13.0. The highest BCUT2D eigenvalue weighted by molar-refractivity contribution is 6.05. The zero-order chi connectivity index (χ0) is 33.0. The Hall–Kier alpha value is -6.52. The molecule has 2 aromatic heterocycles. The molecule has 0 bridgehead atoms. The van der Waals surface area contributed by atoms with Crippen LogP contribution in [0, 0.1) is 0 Å². The molecule has 0 saturated heterocycles. The minimum atomic E-state index is 0.204. The molecule has 2 aliphatic rings. The third-order valence-corrected chi connectivity index (χ3v) is 10.1. The maximum absolute atomic E-state index is 5.07. The highest BCUT2D eigenvalue weighted by Gasteiger charge is 2.39. The standard InChI is InChI=1S/C46H32N4/c1-4-14-31(15-5-1)40-29-41(32-16-6-2-7-17-32)48-46(47-40)33-24-26-35(27-25-33)50-43-23-13-11-21-37(43)39-28-38-36-20-10-12-22-42(36)49(44(38)30-45(39)50)34-18-8-3-9-19-34/h1-29,44H,30H2. The Labute approximate surface area is 291 Å². The van der Waals surface area contributed by atoms with E-state index in [9.17, 15) is 0 Å². The first-order valence-electron chi connectivity index (χ1n) is 17.2. The summed E-state index contributed by atoms with van der Waals surface area (Å²) in [4.78, 5) is 12.7. The molecule has 1 unspecified atom stereocenters. The lowest BCUT2D eigenvalue weighted by atomic mass is 9.89. The lowest BCUT2D eigenvalue weighted by Gasteiger charge is -2.31. The van der Waals surface area contributed by atoms with E-state index in [4.69, 9.17) is 9.97 Å². The molecular weight excluding hydrogens is 609 g/mol. The summed E-state index contributed by atoms with van der Waals surface area (Å²) in [6, 6.07) is 60.2. The summed E-state index contributed by atoms with van der Waals surface area (Å²) in [6.45, 7) is 0. The molecule has 3 heterocycles. The van der Waals surface area contributed by atoms with E-state index < -0.39 is 0 Å². The molecule has 6 aromatic carbocycles. The van der Waals surface area contributed by atoms with Gasteiger partial charge in [-0.25, -0.2) is 9.97 Å². The average molecular weight is 641 g/mol. The first-order valence-corrected chi connectivity index (χ1v) is 17.2. The number of para-hydroxylation sites is 3. The van der Waals surface area contributed by atoms with Crippen LogP contribution in [-0.4, -0.2) is 20.6 Å². The molecule has 4 nitrogen and oxygen atoms in total. The van der Waals surface area contributed by atoms with Crippen LogP contribution in [0.4, 0.5) is 11.4 Å². The van der Waals surface area contributed by atoms with Gasteiger partial charge in [0.15, 0.2) is 5.82 Å². The van der Waals surface area contributed by atoms with Crippen LogP contribution < -0.4 is 4.90 Å². The Kier molecular flexibility index (Phi) is 6.59. The van der Waals surface area contributed by atoms with Gasteiger partial charge in [-0.05, 0) is 66.2 Å². The monoisotopic (exact) mass is 640 g/mol. The fraction of sp³-hybridized carbons (Fsp3) is 0.0435. The largest absolute Gasteiger partial charge is 0.333 e. The number of anilines is 2. The number of fused-ring (bicyclic) bond motifs is 6. The zero-order valence-electron chi connectivity index (χ0n) is 27.3. The summed E-state index contributed by atoms with van der Waals surface area (Å²) < 4.78 is 2.46. The quantitative estimate of drug-likeness (QED) is 0.188. The van der Waals surface area contributed by atoms with Gasteiger partial charge in [-0.2, -0.15) is 0 Å². The van der Waals surface area contributed by atoms with Crippen LogP contribution in [0.2, 0.25) is 0 Å². The fourth-order valence-corrected chi connectivity index (χ4v) is 7.86. The van der Waals surface area contributed by atoms with Crippen molar-refractivity contribution >= 4 is 33.9 Å². The Bertz CT molecular complexity index is 2490. The molecule has 0 saturated carbocycles. The molecule has 1 atom stereocenters. The van der Waals surface area contributed by atoms with Crippen molar-refractivity contribution in [1.82, 2.24) is 14.5 Å². The van der Waals surface area contributed by atoms with E-state index in [0.717, 1.165) is 40.2 Å². The molecule has 0 spiro atoms. The summed E-state index contributed by atoms with van der Waals surface area (Å²) in [5.41, 5.74) is 15.1. The molecular formula is C46H32N4. The fourth-order valence-electron chi connectivity index (χ4n) is 7.86. The summed E-state index contributed by atoms with van der Waals surface area (Å²) in [7, 11) is 0. The molecule has 1 aliphatic heterocycles. The normalized spacial score (nSPS) is 14.6. The third-order valence-electron chi connectivity index (χ3n) is 10.1. The van der Waals surface area contributed by atoms with Crippen molar-refractivity contribution in [2.75, 3.05) is 4.90 Å². The third kappa shape index (κ3) is 4.61. The van der Waals surface area contributed by atoms with Crippen LogP contribution in [0.5, 0.6) is 0 Å². The van der Waals surface area contributed by atoms with Gasteiger partial charge >= 0.3 is 0 Å². The maximum atomic E-state index is 5.07. The number of benzene rings is 6. The van der Waals surface area contributed by atoms with E-state index in [-0.39, 0.29) is 6.04 Å². The Morgan fingerprint density at radius 2 is 1.12 bits per heavy atom. The van der Waals surface area contributed by atoms with Gasteiger partial charge in [-0.3, -0.25) is 0 Å². The van der Waals surface area contributed by atoms with Gasteiger partial charge in [0.25, 0.3) is 0 Å². The van der Waals surface area contributed by atoms with E-state index >= 15 is 0 Å². The predicted octanol–water partition coefficient (Wildman–Crippen LogP) is 11.0. The van der Waals surface area contributed by atoms with Gasteiger partial charge in [0.05, 0.1) is 22.9 Å². The highest BCUT2D eigenvalue weighted by atomic mass is 15.2. The van der Waals surface area contributed by atoms with Gasteiger partial charge in [-0.15, -0.1) is 0 Å². The molecule has 0 radical (unpaired) electrons. The van der Waals surface area contributed by atoms with Gasteiger partial charge in [-0.1, -0.05) is 115 Å². The van der Waals surface area contributed by atoms with Gasteiger partial charge in [0, 0.05) is 62.4 Å². The van der Waals surface area contributed by atoms with E-state index in [1.165, 1.54) is 44.7 Å². The first-order chi connectivity index (χ1) is 24.8. The lowest BCUT2D eigenvalue weighted by Crippen LogP contribution is -2.31. The smallest absolute Gasteiger partial charge is 0.160 e. The van der Waals surface area contributed by atoms with Gasteiger partial charge in [0.2, 0.25) is 0 Å². The Morgan fingerprint density at radius 3 is 1.82 bits per heavy atom. The van der Waals surface area contributed by atoms with Gasteiger partial charge < -0.3 is 9.47 Å². The van der Waals surface area contributed by atoms with E-state index in [2.05, 4.69) is 173 Å². The van der Waals surface area contributed by atoms with Crippen molar-refractivity contribution in [1.29, 1.82) is 0 Å². The van der Waals surface area contributed by atoms with Crippen LogP contribution in [0.3, 0.4) is 0 Å². The van der Waals surface area contributed by atoms with Crippen molar-refractivity contribution in [3.8, 4) is 39.6 Å². The van der Waals surface area contributed by atoms with E-state index in [1.54, 1.807) is 0 Å². The van der Waals surface area contributed by atoms with Crippen LogP contribution in [0.25, 0.3) is 62.1 Å². The van der Waals surface area contributed by atoms with E-state index in [1.807, 2.05) is 12.1 Å². The van der Waals surface area contributed by atoms with Crippen molar-refractivity contribution < 1.29 is 0 Å². The molecule has 236 valence electrons. The molecule has 0 N–H and O–H groups in total. The maximum Gasteiger partial charge on any atom is 0.160 e. The molecule has 8 aromatic rings. The number of hydrogen-bond acceptors (Lipinski definition) is 3. The summed E-state index contributed by atoms with van der Waals surface area (Å²) in [5.74, 6) is 0.714. The number of rotatable bonds is 5. The molecule has 4 heteroatoms. The predicted molar refractivity (Wildman–Crippen MR) is 206 cm³/mol. The van der Waals surface area contributed by atoms with Crippen molar-refractivity contribution in [3.63, 3.8) is 0 Å². The SMILES string of the molecule is C1=C2c3ccccc3N(c3ccccc3)C2Cc2c1c1ccccc1n2-c1ccc(-c2nc(-c3ccccc3)cc(-c3ccccc3)n2)cc1. The van der Waals surface area contributed by atoms with Gasteiger partial charge in [0.1, 0.15) is 0 Å². The zero-order valence-corrected chi connectivity index (χ0v) is 27.3. The first kappa shape index (κ1) is 28.5. The average Bonchev–Trinajstić information content (AvgIpc) is 3.70. The number of aromatic nitrogens is 3. The van der Waals surface area contributed by atoms with Crippen LogP contribution in [0.15, 0.2) is 170 Å². The lowest BCUT2D eigenvalue weighted by molar-refractivity contribution is 0.771. The summed E-state index contributed by atoms with van der Waals surface area (Å²) in [5, 5.41) is 1.28. The minimum Gasteiger partial charge on any atom is -0.333 e. The Balaban J connectivity index is 1.09. The Morgan fingerprint density at radius 1 is 0.520 bits per heavy atom. The van der Waals surface area contributed by atoms with Crippen molar-refractivity contribution in [2.24, 2.45) is 0 Å². The molecule has 0 amide bonds.